The lowest BCUT2D eigenvalue weighted by Gasteiger charge is -2.15. The molecule has 1 nitrogen and oxygen atoms in total. The first-order valence-corrected chi connectivity index (χ1v) is 7.16. The third-order valence-corrected chi connectivity index (χ3v) is 4.34. The molecule has 0 saturated heterocycles. The van der Waals surface area contributed by atoms with E-state index in [9.17, 15) is 8.78 Å². The van der Waals surface area contributed by atoms with Gasteiger partial charge in [0.1, 0.15) is 17.4 Å². The third kappa shape index (κ3) is 2.96. The van der Waals surface area contributed by atoms with Crippen LogP contribution in [0.5, 0.6) is 5.75 Å². The van der Waals surface area contributed by atoms with Crippen molar-refractivity contribution in [1.29, 1.82) is 0 Å². The molecule has 0 radical (unpaired) electrons. The van der Waals surface area contributed by atoms with E-state index in [1.54, 1.807) is 13.2 Å². The predicted octanol–water partition coefficient (Wildman–Crippen LogP) is 5.42. The zero-order valence-corrected chi connectivity index (χ0v) is 13.2. The number of rotatable bonds is 3. The first kappa shape index (κ1) is 15.3. The highest BCUT2D eigenvalue weighted by atomic mass is 79.9. The van der Waals surface area contributed by atoms with Crippen LogP contribution in [0.3, 0.4) is 0 Å². The lowest BCUT2D eigenvalue weighted by molar-refractivity contribution is 0.414. The average molecular weight is 362 g/mol. The number of halogens is 4. The molecule has 2 aromatic rings. The maximum absolute atomic E-state index is 13.9. The Morgan fingerprint density at radius 1 is 1.10 bits per heavy atom. The average Bonchev–Trinajstić information content (AvgIpc) is 2.42. The Labute approximate surface area is 129 Å². The Balaban J connectivity index is 2.46. The maximum atomic E-state index is 13.9. The molecule has 0 aliphatic heterocycles. The quantitative estimate of drug-likeness (QED) is 0.524. The zero-order valence-electron chi connectivity index (χ0n) is 10.9. The lowest BCUT2D eigenvalue weighted by Crippen LogP contribution is -2.01. The van der Waals surface area contributed by atoms with E-state index in [2.05, 4.69) is 15.9 Å². The summed E-state index contributed by atoms with van der Waals surface area (Å²) < 4.78 is 32.6. The molecular weight excluding hydrogens is 350 g/mol. The Hall–Kier alpha value is -1.13. The first-order chi connectivity index (χ1) is 9.43. The van der Waals surface area contributed by atoms with E-state index < -0.39 is 16.5 Å². The summed E-state index contributed by atoms with van der Waals surface area (Å²) in [4.78, 5) is -0.458. The molecule has 0 saturated carbocycles. The van der Waals surface area contributed by atoms with Crippen molar-refractivity contribution in [2.45, 2.75) is 11.8 Å². The normalized spacial score (nSPS) is 12.3. The molecule has 20 heavy (non-hydrogen) atoms. The SMILES string of the molecule is COc1ccc(C(Br)c2cc(F)c(Cl)cc2F)c(C)c1. The summed E-state index contributed by atoms with van der Waals surface area (Å²) in [6, 6.07) is 7.54. The Morgan fingerprint density at radius 3 is 2.40 bits per heavy atom. The van der Waals surface area contributed by atoms with Gasteiger partial charge >= 0.3 is 0 Å². The van der Waals surface area contributed by atoms with Crippen LogP contribution in [0.2, 0.25) is 5.02 Å². The summed E-state index contributed by atoms with van der Waals surface area (Å²) in [7, 11) is 1.58. The van der Waals surface area contributed by atoms with Gasteiger partial charge in [0.05, 0.1) is 17.0 Å². The van der Waals surface area contributed by atoms with Crippen LogP contribution in [0.25, 0.3) is 0 Å². The van der Waals surface area contributed by atoms with Gasteiger partial charge in [-0.05, 0) is 42.3 Å². The van der Waals surface area contributed by atoms with Crippen molar-refractivity contribution in [2.75, 3.05) is 7.11 Å². The van der Waals surface area contributed by atoms with E-state index in [0.29, 0.717) is 5.75 Å². The fourth-order valence-corrected chi connectivity index (χ4v) is 2.97. The molecule has 5 heteroatoms. The molecule has 0 fully saturated rings. The van der Waals surface area contributed by atoms with Crippen LogP contribution in [-0.4, -0.2) is 7.11 Å². The van der Waals surface area contributed by atoms with Gasteiger partial charge in [-0.15, -0.1) is 0 Å². The second kappa shape index (κ2) is 6.10. The summed E-state index contributed by atoms with van der Waals surface area (Å²) >= 11 is 8.97. The minimum absolute atomic E-state index is 0.208. The first-order valence-electron chi connectivity index (χ1n) is 5.87. The van der Waals surface area contributed by atoms with E-state index in [0.717, 1.165) is 23.3 Å². The molecule has 0 N–H and O–H groups in total. The highest BCUT2D eigenvalue weighted by Crippen LogP contribution is 2.36. The van der Waals surface area contributed by atoms with E-state index >= 15 is 0 Å². The number of hydrogen-bond acceptors (Lipinski definition) is 1. The van der Waals surface area contributed by atoms with Crippen LogP contribution in [0.1, 0.15) is 21.5 Å². The van der Waals surface area contributed by atoms with Gasteiger partial charge in [0, 0.05) is 5.56 Å². The molecule has 0 amide bonds. The molecule has 2 aromatic carbocycles. The summed E-state index contributed by atoms with van der Waals surface area (Å²) in [5, 5.41) is -0.225. The maximum Gasteiger partial charge on any atom is 0.142 e. The van der Waals surface area contributed by atoms with E-state index in [-0.39, 0.29) is 10.6 Å². The van der Waals surface area contributed by atoms with Gasteiger partial charge in [-0.3, -0.25) is 0 Å². The predicted molar refractivity (Wildman–Crippen MR) is 79.9 cm³/mol. The second-order valence-electron chi connectivity index (χ2n) is 4.37. The van der Waals surface area contributed by atoms with E-state index in [4.69, 9.17) is 16.3 Å². The van der Waals surface area contributed by atoms with Gasteiger partial charge in [-0.1, -0.05) is 33.6 Å². The molecule has 0 aliphatic rings. The summed E-state index contributed by atoms with van der Waals surface area (Å²) in [6.07, 6.45) is 0. The van der Waals surface area contributed by atoms with Crippen molar-refractivity contribution in [3.8, 4) is 5.75 Å². The highest BCUT2D eigenvalue weighted by Gasteiger charge is 2.19. The number of ether oxygens (including phenoxy) is 1. The Bertz CT molecular complexity index is 646. The van der Waals surface area contributed by atoms with Gasteiger partial charge < -0.3 is 4.74 Å². The van der Waals surface area contributed by atoms with E-state index in [1.807, 2.05) is 19.1 Å². The van der Waals surface area contributed by atoms with Crippen molar-refractivity contribution in [3.63, 3.8) is 0 Å². The molecule has 0 heterocycles. The van der Waals surface area contributed by atoms with Gasteiger partial charge in [-0.25, -0.2) is 8.78 Å². The highest BCUT2D eigenvalue weighted by molar-refractivity contribution is 9.09. The molecule has 0 spiro atoms. The Morgan fingerprint density at radius 2 is 1.80 bits per heavy atom. The molecule has 0 aromatic heterocycles. The molecule has 1 atom stereocenters. The molecule has 0 aliphatic carbocycles. The van der Waals surface area contributed by atoms with E-state index in [1.165, 1.54) is 0 Å². The monoisotopic (exact) mass is 360 g/mol. The van der Waals surface area contributed by atoms with Gasteiger partial charge in [-0.2, -0.15) is 0 Å². The zero-order chi connectivity index (χ0) is 14.9. The van der Waals surface area contributed by atoms with Crippen LogP contribution in [-0.2, 0) is 0 Å². The number of alkyl halides is 1. The molecule has 106 valence electrons. The molecule has 2 rings (SSSR count). The minimum Gasteiger partial charge on any atom is -0.497 e. The van der Waals surface area contributed by atoms with Crippen LogP contribution >= 0.6 is 27.5 Å². The molecular formula is C15H12BrClF2O. The van der Waals surface area contributed by atoms with Crippen LogP contribution in [0, 0.1) is 18.6 Å². The van der Waals surface area contributed by atoms with Crippen LogP contribution in [0.15, 0.2) is 30.3 Å². The van der Waals surface area contributed by atoms with Crippen molar-refractivity contribution >= 4 is 27.5 Å². The van der Waals surface area contributed by atoms with Gasteiger partial charge in [0.15, 0.2) is 0 Å². The van der Waals surface area contributed by atoms with Crippen molar-refractivity contribution in [3.05, 3.63) is 63.7 Å². The Kier molecular flexibility index (Phi) is 4.66. The lowest BCUT2D eigenvalue weighted by atomic mass is 9.99. The summed E-state index contributed by atoms with van der Waals surface area (Å²) in [5.74, 6) is -0.471. The topological polar surface area (TPSA) is 9.23 Å². The van der Waals surface area contributed by atoms with Crippen LogP contribution < -0.4 is 4.74 Å². The number of hydrogen-bond donors (Lipinski definition) is 0. The van der Waals surface area contributed by atoms with Gasteiger partial charge in [0.25, 0.3) is 0 Å². The third-order valence-electron chi connectivity index (χ3n) is 3.06. The fraction of sp³-hybridized carbons (Fsp3) is 0.200. The second-order valence-corrected chi connectivity index (χ2v) is 5.70. The summed E-state index contributed by atoms with van der Waals surface area (Å²) in [6.45, 7) is 1.89. The number of methoxy groups -OCH3 is 1. The van der Waals surface area contributed by atoms with Crippen molar-refractivity contribution < 1.29 is 13.5 Å². The van der Waals surface area contributed by atoms with Gasteiger partial charge in [0.2, 0.25) is 0 Å². The number of benzene rings is 2. The van der Waals surface area contributed by atoms with Crippen molar-refractivity contribution in [2.24, 2.45) is 0 Å². The fourth-order valence-electron chi connectivity index (χ4n) is 1.96. The smallest absolute Gasteiger partial charge is 0.142 e. The molecule has 1 unspecified atom stereocenters. The summed E-state index contributed by atoms with van der Waals surface area (Å²) in [5.41, 5.74) is 1.97. The molecule has 0 bridgehead atoms. The standard InChI is InChI=1S/C15H12BrClF2O/c1-8-5-9(20-2)3-4-10(8)15(16)11-6-14(19)12(17)7-13(11)18/h3-7,15H,1-2H3. The minimum atomic E-state index is -0.640. The largest absolute Gasteiger partial charge is 0.497 e. The van der Waals surface area contributed by atoms with Crippen LogP contribution in [0.4, 0.5) is 8.78 Å². The van der Waals surface area contributed by atoms with Crippen molar-refractivity contribution in [1.82, 2.24) is 0 Å². The number of aryl methyl sites for hydroxylation is 1.